The van der Waals surface area contributed by atoms with Crippen LogP contribution in [0.2, 0.25) is 0 Å². The first kappa shape index (κ1) is 19.8. The molecule has 0 radical (unpaired) electrons. The van der Waals surface area contributed by atoms with Crippen molar-refractivity contribution in [2.24, 2.45) is 0 Å². The van der Waals surface area contributed by atoms with Crippen LogP contribution in [0, 0.1) is 0 Å². The molecule has 154 valence electrons. The highest BCUT2D eigenvalue weighted by molar-refractivity contribution is 5.99. The second-order valence-corrected chi connectivity index (χ2v) is 6.51. The number of nitrogens with zero attached hydrogens (tertiary/aromatic N) is 4. The molecule has 2 aromatic heterocycles. The fraction of sp³-hybridized carbons (Fsp3) is 0.0455. The predicted octanol–water partition coefficient (Wildman–Crippen LogP) is 2.77. The summed E-state index contributed by atoms with van der Waals surface area (Å²) in [6.07, 6.45) is 4.93. The van der Waals surface area contributed by atoms with Crippen LogP contribution in [-0.2, 0) is 4.79 Å². The number of aromatic nitrogens is 4. The normalized spacial score (nSPS) is 10.3. The average Bonchev–Trinajstić information content (AvgIpc) is 3.35. The van der Waals surface area contributed by atoms with Crippen molar-refractivity contribution in [3.63, 3.8) is 0 Å². The van der Waals surface area contributed by atoms with Crippen molar-refractivity contribution >= 4 is 29.0 Å². The van der Waals surface area contributed by atoms with E-state index in [0.717, 1.165) is 5.69 Å². The van der Waals surface area contributed by atoms with E-state index >= 15 is 0 Å². The molecule has 2 heterocycles. The first-order valence-corrected chi connectivity index (χ1v) is 9.50. The highest BCUT2D eigenvalue weighted by atomic mass is 16.2. The van der Waals surface area contributed by atoms with Crippen molar-refractivity contribution in [3.05, 3.63) is 91.0 Å². The molecule has 0 spiro atoms. The lowest BCUT2D eigenvalue weighted by Gasteiger charge is -2.09. The van der Waals surface area contributed by atoms with Crippen LogP contribution < -0.4 is 16.0 Å². The maximum atomic E-state index is 12.1. The van der Waals surface area contributed by atoms with Crippen LogP contribution in [0.4, 0.5) is 17.2 Å². The summed E-state index contributed by atoms with van der Waals surface area (Å²) in [4.78, 5) is 32.5. The molecule has 0 saturated heterocycles. The van der Waals surface area contributed by atoms with E-state index in [0.29, 0.717) is 22.9 Å². The molecule has 0 aliphatic carbocycles. The van der Waals surface area contributed by atoms with Gasteiger partial charge in [0.15, 0.2) is 5.82 Å². The molecule has 0 aliphatic heterocycles. The lowest BCUT2D eigenvalue weighted by Crippen LogP contribution is -2.32. The number of carbonyl (C=O) groups excluding carboxylic acids is 2. The average molecular weight is 413 g/mol. The third kappa shape index (κ3) is 5.30. The van der Waals surface area contributed by atoms with Crippen molar-refractivity contribution in [2.75, 3.05) is 17.2 Å². The maximum Gasteiger partial charge on any atom is 0.251 e. The highest BCUT2D eigenvalue weighted by Crippen LogP contribution is 2.18. The zero-order valence-electron chi connectivity index (χ0n) is 16.4. The maximum absolute atomic E-state index is 12.1. The van der Waals surface area contributed by atoms with E-state index in [1.54, 1.807) is 59.5 Å². The van der Waals surface area contributed by atoms with E-state index in [1.807, 2.05) is 24.3 Å². The molecule has 3 N–H and O–H groups in total. The number of hydrogen-bond acceptors (Lipinski definition) is 6. The standard InChI is InChI=1S/C22H19N7O2/c30-21(14-23-22(31)16-5-2-1-3-6-16)28-18-9-7-17(8-10-18)27-19-13-20(25-15-24-19)29-12-4-11-26-29/h1-13,15H,14H2,(H,23,31)(H,28,30)(H,24,25,27). The molecule has 31 heavy (non-hydrogen) atoms. The number of nitrogens with one attached hydrogen (secondary N) is 3. The van der Waals surface area contributed by atoms with Crippen LogP contribution in [0.5, 0.6) is 0 Å². The van der Waals surface area contributed by atoms with Crippen LogP contribution in [0.15, 0.2) is 85.5 Å². The molecule has 9 nitrogen and oxygen atoms in total. The minimum atomic E-state index is -0.315. The summed E-state index contributed by atoms with van der Waals surface area (Å²) in [6.45, 7) is -0.120. The van der Waals surface area contributed by atoms with E-state index in [-0.39, 0.29) is 18.4 Å². The SMILES string of the molecule is O=C(CNC(=O)c1ccccc1)Nc1ccc(Nc2cc(-n3cccn3)ncn2)cc1. The Labute approximate surface area is 178 Å². The lowest BCUT2D eigenvalue weighted by molar-refractivity contribution is -0.115. The Bertz CT molecular complexity index is 1160. The van der Waals surface area contributed by atoms with Gasteiger partial charge in [0.1, 0.15) is 12.1 Å². The Hall–Kier alpha value is -4.53. The summed E-state index contributed by atoms with van der Waals surface area (Å²) >= 11 is 0. The lowest BCUT2D eigenvalue weighted by atomic mass is 10.2. The Kier molecular flexibility index (Phi) is 5.94. The van der Waals surface area contributed by atoms with Gasteiger partial charge in [-0.05, 0) is 42.5 Å². The zero-order valence-corrected chi connectivity index (χ0v) is 16.4. The van der Waals surface area contributed by atoms with Crippen molar-refractivity contribution in [1.82, 2.24) is 25.1 Å². The van der Waals surface area contributed by atoms with E-state index in [2.05, 4.69) is 31.0 Å². The van der Waals surface area contributed by atoms with E-state index in [4.69, 9.17) is 0 Å². The number of benzene rings is 2. The second kappa shape index (κ2) is 9.31. The smallest absolute Gasteiger partial charge is 0.251 e. The Morgan fingerprint density at radius 2 is 1.68 bits per heavy atom. The Morgan fingerprint density at radius 3 is 2.42 bits per heavy atom. The van der Waals surface area contributed by atoms with Crippen molar-refractivity contribution in [3.8, 4) is 5.82 Å². The molecule has 0 bridgehead atoms. The van der Waals surface area contributed by atoms with Gasteiger partial charge in [0.05, 0.1) is 6.54 Å². The van der Waals surface area contributed by atoms with Gasteiger partial charge in [-0.15, -0.1) is 0 Å². The van der Waals surface area contributed by atoms with Gasteiger partial charge in [-0.2, -0.15) is 5.10 Å². The third-order valence-electron chi connectivity index (χ3n) is 4.28. The molecule has 2 amide bonds. The summed E-state index contributed by atoms with van der Waals surface area (Å²) in [6, 6.07) is 19.5. The molecular formula is C22H19N7O2. The van der Waals surface area contributed by atoms with Gasteiger partial charge in [0.25, 0.3) is 5.91 Å². The van der Waals surface area contributed by atoms with Gasteiger partial charge in [0, 0.05) is 35.4 Å². The molecule has 2 aromatic carbocycles. The van der Waals surface area contributed by atoms with Crippen LogP contribution in [0.25, 0.3) is 5.82 Å². The molecule has 4 aromatic rings. The van der Waals surface area contributed by atoms with Crippen LogP contribution in [-0.4, -0.2) is 38.1 Å². The quantitative estimate of drug-likeness (QED) is 0.429. The van der Waals surface area contributed by atoms with Gasteiger partial charge in [-0.3, -0.25) is 9.59 Å². The molecule has 0 atom stereocenters. The van der Waals surface area contributed by atoms with Crippen molar-refractivity contribution < 1.29 is 9.59 Å². The Balaban J connectivity index is 1.31. The highest BCUT2D eigenvalue weighted by Gasteiger charge is 2.08. The summed E-state index contributed by atoms with van der Waals surface area (Å²) in [5.41, 5.74) is 1.91. The van der Waals surface area contributed by atoms with Gasteiger partial charge >= 0.3 is 0 Å². The molecule has 9 heteroatoms. The molecule has 0 unspecified atom stereocenters. The van der Waals surface area contributed by atoms with Gasteiger partial charge in [-0.1, -0.05) is 18.2 Å². The van der Waals surface area contributed by atoms with Crippen molar-refractivity contribution in [2.45, 2.75) is 0 Å². The number of rotatable bonds is 7. The fourth-order valence-corrected chi connectivity index (χ4v) is 2.79. The largest absolute Gasteiger partial charge is 0.343 e. The van der Waals surface area contributed by atoms with Crippen LogP contribution >= 0.6 is 0 Å². The molecule has 0 fully saturated rings. The minimum Gasteiger partial charge on any atom is -0.343 e. The molecular weight excluding hydrogens is 394 g/mol. The van der Waals surface area contributed by atoms with Gasteiger partial charge in [0.2, 0.25) is 5.91 Å². The summed E-state index contributed by atoms with van der Waals surface area (Å²) in [5, 5.41) is 12.7. The zero-order chi connectivity index (χ0) is 21.5. The van der Waals surface area contributed by atoms with E-state index < -0.39 is 0 Å². The summed E-state index contributed by atoms with van der Waals surface area (Å²) in [5.74, 6) is 0.643. The topological polar surface area (TPSA) is 114 Å². The van der Waals surface area contributed by atoms with Gasteiger partial charge in [-0.25, -0.2) is 14.6 Å². The number of carbonyl (C=O) groups is 2. The fourth-order valence-electron chi connectivity index (χ4n) is 2.79. The Morgan fingerprint density at radius 1 is 0.903 bits per heavy atom. The number of anilines is 3. The van der Waals surface area contributed by atoms with E-state index in [9.17, 15) is 9.59 Å². The first-order chi connectivity index (χ1) is 15.2. The van der Waals surface area contributed by atoms with Gasteiger partial charge < -0.3 is 16.0 Å². The first-order valence-electron chi connectivity index (χ1n) is 9.50. The number of hydrogen-bond donors (Lipinski definition) is 3. The predicted molar refractivity (Wildman–Crippen MR) is 116 cm³/mol. The van der Waals surface area contributed by atoms with Crippen LogP contribution in [0.3, 0.4) is 0 Å². The monoisotopic (exact) mass is 413 g/mol. The summed E-state index contributed by atoms with van der Waals surface area (Å²) in [7, 11) is 0. The third-order valence-corrected chi connectivity index (χ3v) is 4.28. The summed E-state index contributed by atoms with van der Waals surface area (Å²) < 4.78 is 1.64. The molecule has 4 rings (SSSR count). The molecule has 0 aliphatic rings. The van der Waals surface area contributed by atoms with E-state index in [1.165, 1.54) is 6.33 Å². The van der Waals surface area contributed by atoms with Crippen LogP contribution in [0.1, 0.15) is 10.4 Å². The number of amides is 2. The van der Waals surface area contributed by atoms with Crippen molar-refractivity contribution in [1.29, 1.82) is 0 Å². The minimum absolute atomic E-state index is 0.120. The second-order valence-electron chi connectivity index (χ2n) is 6.51. The molecule has 0 saturated carbocycles.